The molecule has 0 saturated heterocycles. The van der Waals surface area contributed by atoms with Gasteiger partial charge in [-0.15, -0.1) is 0 Å². The molecule has 7 nitrogen and oxygen atoms in total. The second-order valence-corrected chi connectivity index (χ2v) is 10.1. The van der Waals surface area contributed by atoms with Crippen LogP contribution >= 0.6 is 11.8 Å². The third-order valence-electron chi connectivity index (χ3n) is 5.29. The molecule has 0 spiro atoms. The lowest BCUT2D eigenvalue weighted by Crippen LogP contribution is -2.30. The van der Waals surface area contributed by atoms with Gasteiger partial charge in [0.05, 0.1) is 21.6 Å². The van der Waals surface area contributed by atoms with E-state index in [0.29, 0.717) is 29.3 Å². The molecule has 0 bridgehead atoms. The Labute approximate surface area is 182 Å². The SMILES string of the molecule is CCCCn1c(SCc2c(C)noc2C)nc2cc(S(=O)(=O)N(CC)CC)ccc21. The van der Waals surface area contributed by atoms with Crippen molar-refractivity contribution in [3.05, 3.63) is 35.2 Å². The number of fused-ring (bicyclic) bond motifs is 1. The number of imidazole rings is 1. The van der Waals surface area contributed by atoms with Crippen molar-refractivity contribution in [1.82, 2.24) is 19.0 Å². The lowest BCUT2D eigenvalue weighted by molar-refractivity contribution is 0.392. The van der Waals surface area contributed by atoms with Crippen LogP contribution in [0.1, 0.15) is 50.6 Å². The summed E-state index contributed by atoms with van der Waals surface area (Å²) in [6.07, 6.45) is 2.10. The molecule has 0 radical (unpaired) electrons. The van der Waals surface area contributed by atoms with Gasteiger partial charge in [0.2, 0.25) is 10.0 Å². The zero-order chi connectivity index (χ0) is 21.9. The van der Waals surface area contributed by atoms with Crippen molar-refractivity contribution in [3.63, 3.8) is 0 Å². The minimum Gasteiger partial charge on any atom is -0.361 e. The summed E-state index contributed by atoms with van der Waals surface area (Å²) in [6, 6.07) is 5.28. The first kappa shape index (κ1) is 22.8. The largest absolute Gasteiger partial charge is 0.361 e. The third-order valence-corrected chi connectivity index (χ3v) is 8.34. The number of rotatable bonds is 10. The van der Waals surface area contributed by atoms with Crippen LogP contribution in [0.5, 0.6) is 0 Å². The molecule has 3 rings (SSSR count). The van der Waals surface area contributed by atoms with E-state index < -0.39 is 10.0 Å². The van der Waals surface area contributed by atoms with Gasteiger partial charge in [0, 0.05) is 31.0 Å². The first-order valence-electron chi connectivity index (χ1n) is 10.4. The third kappa shape index (κ3) is 4.43. The molecule has 9 heteroatoms. The molecule has 30 heavy (non-hydrogen) atoms. The van der Waals surface area contributed by atoms with Crippen molar-refractivity contribution in [2.75, 3.05) is 13.1 Å². The number of unbranched alkanes of at least 4 members (excludes halogenated alkanes) is 1. The molecule has 2 heterocycles. The Bertz CT molecular complexity index is 1100. The fraction of sp³-hybridized carbons (Fsp3) is 0.524. The Morgan fingerprint density at radius 1 is 1.17 bits per heavy atom. The first-order valence-corrected chi connectivity index (χ1v) is 12.8. The normalized spacial score (nSPS) is 12.3. The summed E-state index contributed by atoms with van der Waals surface area (Å²) in [6.45, 7) is 11.5. The zero-order valence-electron chi connectivity index (χ0n) is 18.3. The Kier molecular flexibility index (Phi) is 7.26. The van der Waals surface area contributed by atoms with E-state index in [4.69, 9.17) is 9.51 Å². The number of thioether (sulfide) groups is 1. The fourth-order valence-electron chi connectivity index (χ4n) is 3.45. The molecule has 0 amide bonds. The van der Waals surface area contributed by atoms with Crippen LogP contribution in [-0.2, 0) is 22.3 Å². The number of aryl methyl sites for hydroxylation is 3. The minimum absolute atomic E-state index is 0.293. The predicted molar refractivity (Wildman–Crippen MR) is 120 cm³/mol. The van der Waals surface area contributed by atoms with E-state index >= 15 is 0 Å². The molecule has 0 aliphatic heterocycles. The molecule has 0 aliphatic carbocycles. The van der Waals surface area contributed by atoms with Crippen LogP contribution in [0.4, 0.5) is 0 Å². The molecule has 0 saturated carbocycles. The lowest BCUT2D eigenvalue weighted by atomic mass is 10.2. The van der Waals surface area contributed by atoms with Crippen molar-refractivity contribution < 1.29 is 12.9 Å². The van der Waals surface area contributed by atoms with Crippen LogP contribution in [0, 0.1) is 13.8 Å². The van der Waals surface area contributed by atoms with Crippen molar-refractivity contribution in [3.8, 4) is 0 Å². The molecule has 3 aromatic rings. The van der Waals surface area contributed by atoms with Gasteiger partial charge in [0.25, 0.3) is 0 Å². The Hall–Kier alpha value is -1.84. The second-order valence-electron chi connectivity index (χ2n) is 7.23. The number of aromatic nitrogens is 3. The van der Waals surface area contributed by atoms with E-state index in [1.165, 1.54) is 4.31 Å². The maximum atomic E-state index is 12.9. The Morgan fingerprint density at radius 2 is 1.90 bits per heavy atom. The minimum atomic E-state index is -3.52. The van der Waals surface area contributed by atoms with Crippen LogP contribution in [0.25, 0.3) is 11.0 Å². The fourth-order valence-corrected chi connectivity index (χ4v) is 6.12. The maximum absolute atomic E-state index is 12.9. The van der Waals surface area contributed by atoms with E-state index in [2.05, 4.69) is 16.6 Å². The molecule has 0 aliphatic rings. The highest BCUT2D eigenvalue weighted by Crippen LogP contribution is 2.31. The molecule has 1 aromatic carbocycles. The number of hydrogen-bond donors (Lipinski definition) is 0. The summed E-state index contributed by atoms with van der Waals surface area (Å²) >= 11 is 1.63. The van der Waals surface area contributed by atoms with Gasteiger partial charge in [-0.05, 0) is 38.5 Å². The molecule has 164 valence electrons. The smallest absolute Gasteiger partial charge is 0.243 e. The summed E-state index contributed by atoms with van der Waals surface area (Å²) in [5.41, 5.74) is 3.64. The van der Waals surface area contributed by atoms with Gasteiger partial charge in [0.15, 0.2) is 5.16 Å². The van der Waals surface area contributed by atoms with E-state index in [0.717, 1.165) is 47.1 Å². The summed E-state index contributed by atoms with van der Waals surface area (Å²) in [5, 5.41) is 4.91. The number of sulfonamides is 1. The molecule has 0 fully saturated rings. The van der Waals surface area contributed by atoms with Crippen LogP contribution in [0.3, 0.4) is 0 Å². The highest BCUT2D eigenvalue weighted by Gasteiger charge is 2.23. The molecular formula is C21H30N4O3S2. The van der Waals surface area contributed by atoms with Gasteiger partial charge in [-0.25, -0.2) is 13.4 Å². The summed E-state index contributed by atoms with van der Waals surface area (Å²) < 4.78 is 34.8. The average molecular weight is 451 g/mol. The molecule has 2 aromatic heterocycles. The highest BCUT2D eigenvalue weighted by atomic mass is 32.2. The monoisotopic (exact) mass is 450 g/mol. The lowest BCUT2D eigenvalue weighted by Gasteiger charge is -2.18. The Balaban J connectivity index is 2.00. The first-order chi connectivity index (χ1) is 14.3. The van der Waals surface area contributed by atoms with E-state index in [1.54, 1.807) is 23.9 Å². The zero-order valence-corrected chi connectivity index (χ0v) is 19.9. The van der Waals surface area contributed by atoms with E-state index in [1.807, 2.05) is 33.8 Å². The quantitative estimate of drug-likeness (QED) is 0.414. The number of hydrogen-bond acceptors (Lipinski definition) is 6. The average Bonchev–Trinajstić information content (AvgIpc) is 3.23. The van der Waals surface area contributed by atoms with Gasteiger partial charge in [-0.2, -0.15) is 4.31 Å². The van der Waals surface area contributed by atoms with Crippen molar-refractivity contribution in [1.29, 1.82) is 0 Å². The van der Waals surface area contributed by atoms with E-state index in [-0.39, 0.29) is 0 Å². The summed E-state index contributed by atoms with van der Waals surface area (Å²) in [7, 11) is -3.52. The van der Waals surface area contributed by atoms with Gasteiger partial charge in [-0.3, -0.25) is 0 Å². The van der Waals surface area contributed by atoms with Gasteiger partial charge < -0.3 is 9.09 Å². The maximum Gasteiger partial charge on any atom is 0.243 e. The standard InChI is InChI=1S/C21H30N4O3S2/c1-6-9-12-25-20-11-10-17(30(26,27)24(7-2)8-3)13-19(20)22-21(25)29-14-18-15(4)23-28-16(18)5/h10-11,13H,6-9,12,14H2,1-5H3. The molecule has 0 atom stereocenters. The summed E-state index contributed by atoms with van der Waals surface area (Å²) in [4.78, 5) is 5.09. The number of benzene rings is 1. The molecular weight excluding hydrogens is 420 g/mol. The second kappa shape index (κ2) is 9.53. The van der Waals surface area contributed by atoms with Crippen molar-refractivity contribution in [2.45, 2.75) is 69.8 Å². The molecule has 0 N–H and O–H groups in total. The Morgan fingerprint density at radius 3 is 2.50 bits per heavy atom. The van der Waals surface area contributed by atoms with E-state index in [9.17, 15) is 8.42 Å². The van der Waals surface area contributed by atoms with Crippen LogP contribution in [-0.4, -0.2) is 40.5 Å². The van der Waals surface area contributed by atoms with Gasteiger partial charge in [-0.1, -0.05) is 44.1 Å². The van der Waals surface area contributed by atoms with Crippen LogP contribution in [0.2, 0.25) is 0 Å². The topological polar surface area (TPSA) is 81.2 Å². The summed E-state index contributed by atoms with van der Waals surface area (Å²) in [5.74, 6) is 1.53. The number of nitrogens with zero attached hydrogens (tertiary/aromatic N) is 4. The van der Waals surface area contributed by atoms with Crippen molar-refractivity contribution in [2.24, 2.45) is 0 Å². The van der Waals surface area contributed by atoms with Crippen LogP contribution in [0.15, 0.2) is 32.8 Å². The highest BCUT2D eigenvalue weighted by molar-refractivity contribution is 7.98. The van der Waals surface area contributed by atoms with Gasteiger partial charge in [0.1, 0.15) is 5.76 Å². The van der Waals surface area contributed by atoms with Crippen LogP contribution < -0.4 is 0 Å². The van der Waals surface area contributed by atoms with Crippen molar-refractivity contribution >= 4 is 32.8 Å². The molecule has 0 unspecified atom stereocenters. The van der Waals surface area contributed by atoms with Gasteiger partial charge >= 0.3 is 0 Å². The predicted octanol–water partition coefficient (Wildman–Crippen LogP) is 4.76.